The zero-order valence-electron chi connectivity index (χ0n) is 9.46. The number of hydrogen-bond donors (Lipinski definition) is 1. The maximum absolute atomic E-state index is 11.4. The highest BCUT2D eigenvalue weighted by Crippen LogP contribution is 2.25. The third-order valence-electron chi connectivity index (χ3n) is 2.54. The van der Waals surface area contributed by atoms with Crippen molar-refractivity contribution < 1.29 is 14.3 Å². The molecule has 1 aromatic carbocycles. The van der Waals surface area contributed by atoms with Gasteiger partial charge in [0.1, 0.15) is 11.4 Å². The second-order valence-electron chi connectivity index (χ2n) is 3.58. The lowest BCUT2D eigenvalue weighted by Crippen LogP contribution is -2.00. The molecule has 0 aliphatic rings. The monoisotopic (exact) mass is 219 g/mol. The minimum Gasteiger partial charge on any atom is -0.497 e. The number of methoxy groups -OCH3 is 2. The summed E-state index contributed by atoms with van der Waals surface area (Å²) < 4.78 is 9.83. The van der Waals surface area contributed by atoms with Gasteiger partial charge < -0.3 is 14.5 Å². The number of ether oxygens (including phenoxy) is 2. The minimum absolute atomic E-state index is 0.366. The third kappa shape index (κ3) is 1.62. The number of esters is 1. The van der Waals surface area contributed by atoms with Gasteiger partial charge in [0.05, 0.1) is 14.2 Å². The van der Waals surface area contributed by atoms with Gasteiger partial charge in [-0.15, -0.1) is 0 Å². The Morgan fingerprint density at radius 2 is 2.00 bits per heavy atom. The van der Waals surface area contributed by atoms with Gasteiger partial charge >= 0.3 is 5.97 Å². The number of H-pyrrole nitrogens is 1. The quantitative estimate of drug-likeness (QED) is 0.788. The maximum atomic E-state index is 11.4. The van der Waals surface area contributed by atoms with Gasteiger partial charge in [0.15, 0.2) is 0 Å². The number of carbonyl (C=O) groups is 1. The van der Waals surface area contributed by atoms with Gasteiger partial charge in [-0.1, -0.05) is 0 Å². The largest absolute Gasteiger partial charge is 0.497 e. The van der Waals surface area contributed by atoms with E-state index in [9.17, 15) is 4.79 Å². The highest BCUT2D eigenvalue weighted by Gasteiger charge is 2.11. The van der Waals surface area contributed by atoms with Crippen LogP contribution >= 0.6 is 0 Å². The van der Waals surface area contributed by atoms with Crippen molar-refractivity contribution in [1.29, 1.82) is 0 Å². The fourth-order valence-corrected chi connectivity index (χ4v) is 1.73. The van der Waals surface area contributed by atoms with Crippen molar-refractivity contribution in [2.45, 2.75) is 6.92 Å². The Morgan fingerprint density at radius 1 is 1.25 bits per heavy atom. The van der Waals surface area contributed by atoms with Crippen LogP contribution in [0, 0.1) is 6.92 Å². The fourth-order valence-electron chi connectivity index (χ4n) is 1.73. The Labute approximate surface area is 93.2 Å². The molecule has 0 unspecified atom stereocenters. The van der Waals surface area contributed by atoms with E-state index >= 15 is 0 Å². The van der Waals surface area contributed by atoms with E-state index in [1.54, 1.807) is 13.2 Å². The second-order valence-corrected chi connectivity index (χ2v) is 3.58. The van der Waals surface area contributed by atoms with Crippen LogP contribution in [0.15, 0.2) is 18.2 Å². The molecule has 4 nitrogen and oxygen atoms in total. The number of aryl methyl sites for hydroxylation is 1. The van der Waals surface area contributed by atoms with Gasteiger partial charge in [-0.25, -0.2) is 4.79 Å². The summed E-state index contributed by atoms with van der Waals surface area (Å²) in [6.07, 6.45) is 0. The van der Waals surface area contributed by atoms with Crippen LogP contribution in [0.1, 0.15) is 16.1 Å². The predicted molar refractivity (Wildman–Crippen MR) is 60.9 cm³/mol. The number of aromatic nitrogens is 1. The van der Waals surface area contributed by atoms with Crippen molar-refractivity contribution >= 4 is 16.9 Å². The molecule has 1 heterocycles. The van der Waals surface area contributed by atoms with E-state index in [-0.39, 0.29) is 5.97 Å². The molecule has 0 atom stereocenters. The molecule has 0 saturated carbocycles. The predicted octanol–water partition coefficient (Wildman–Crippen LogP) is 2.27. The first-order valence-corrected chi connectivity index (χ1v) is 4.91. The molecule has 2 aromatic rings. The average molecular weight is 219 g/mol. The molecule has 0 aliphatic heterocycles. The van der Waals surface area contributed by atoms with E-state index in [2.05, 4.69) is 9.72 Å². The zero-order chi connectivity index (χ0) is 11.7. The van der Waals surface area contributed by atoms with Crippen LogP contribution < -0.4 is 4.74 Å². The van der Waals surface area contributed by atoms with Crippen LogP contribution in [0.5, 0.6) is 5.75 Å². The summed E-state index contributed by atoms with van der Waals surface area (Å²) in [7, 11) is 2.98. The van der Waals surface area contributed by atoms with Crippen LogP contribution in [0.25, 0.3) is 10.9 Å². The van der Waals surface area contributed by atoms with Crippen molar-refractivity contribution in [3.63, 3.8) is 0 Å². The topological polar surface area (TPSA) is 51.3 Å². The van der Waals surface area contributed by atoms with Crippen LogP contribution in [0.3, 0.4) is 0 Å². The van der Waals surface area contributed by atoms with Crippen LogP contribution in [0.4, 0.5) is 0 Å². The Balaban J connectivity index is 2.61. The maximum Gasteiger partial charge on any atom is 0.354 e. The lowest BCUT2D eigenvalue weighted by Gasteiger charge is -2.01. The number of hydrogen-bond acceptors (Lipinski definition) is 3. The average Bonchev–Trinajstić information content (AvgIpc) is 2.72. The lowest BCUT2D eigenvalue weighted by atomic mass is 10.1. The zero-order valence-corrected chi connectivity index (χ0v) is 9.46. The Bertz CT molecular complexity index is 542. The van der Waals surface area contributed by atoms with Gasteiger partial charge in [-0.05, 0) is 30.7 Å². The molecule has 4 heteroatoms. The second kappa shape index (κ2) is 3.89. The fraction of sp³-hybridized carbons (Fsp3) is 0.250. The number of benzene rings is 1. The summed E-state index contributed by atoms with van der Waals surface area (Å²) in [5, 5.41) is 0.942. The summed E-state index contributed by atoms with van der Waals surface area (Å²) in [6.45, 7) is 1.96. The smallest absolute Gasteiger partial charge is 0.354 e. The molecular formula is C12H13NO3. The normalized spacial score (nSPS) is 10.4. The van der Waals surface area contributed by atoms with E-state index < -0.39 is 0 Å². The molecule has 0 amide bonds. The van der Waals surface area contributed by atoms with Gasteiger partial charge in [0.2, 0.25) is 0 Å². The molecule has 0 bridgehead atoms. The molecule has 0 spiro atoms. The first-order valence-electron chi connectivity index (χ1n) is 4.91. The number of fused-ring (bicyclic) bond motifs is 1. The summed E-state index contributed by atoms with van der Waals surface area (Å²) in [5.74, 6) is 0.412. The summed E-state index contributed by atoms with van der Waals surface area (Å²) in [4.78, 5) is 14.4. The molecule has 84 valence electrons. The Morgan fingerprint density at radius 3 is 2.62 bits per heavy atom. The van der Waals surface area contributed by atoms with Crippen molar-refractivity contribution in [1.82, 2.24) is 4.98 Å². The van der Waals surface area contributed by atoms with Crippen LogP contribution in [-0.2, 0) is 4.74 Å². The number of aromatic amines is 1. The molecular weight excluding hydrogens is 206 g/mol. The van der Waals surface area contributed by atoms with E-state index in [1.807, 2.05) is 19.1 Å². The van der Waals surface area contributed by atoms with E-state index in [1.165, 1.54) is 7.11 Å². The van der Waals surface area contributed by atoms with Gasteiger partial charge in [-0.3, -0.25) is 0 Å². The number of nitrogens with one attached hydrogen (secondary N) is 1. The highest BCUT2D eigenvalue weighted by atomic mass is 16.5. The molecule has 1 aromatic heterocycles. The lowest BCUT2D eigenvalue weighted by molar-refractivity contribution is 0.0595. The van der Waals surface area contributed by atoms with Crippen LogP contribution in [0.2, 0.25) is 0 Å². The molecule has 0 saturated heterocycles. The molecule has 0 fully saturated rings. The molecule has 1 N–H and O–H groups in total. The van der Waals surface area contributed by atoms with E-state index in [0.29, 0.717) is 5.69 Å². The Hall–Kier alpha value is -1.97. The van der Waals surface area contributed by atoms with Crippen molar-refractivity contribution in [3.05, 3.63) is 29.5 Å². The summed E-state index contributed by atoms with van der Waals surface area (Å²) in [5.41, 5.74) is 2.42. The molecule has 16 heavy (non-hydrogen) atoms. The molecule has 0 radical (unpaired) electrons. The SMILES string of the molecule is COC(=O)c1cc2cc(OC)cc(C)c2[nH]1. The number of carbonyl (C=O) groups excluding carboxylic acids is 1. The summed E-state index contributed by atoms with van der Waals surface area (Å²) in [6, 6.07) is 5.56. The Kier molecular flexibility index (Phi) is 2.56. The first kappa shape index (κ1) is 10.5. The van der Waals surface area contributed by atoms with E-state index in [0.717, 1.165) is 22.2 Å². The van der Waals surface area contributed by atoms with Gasteiger partial charge in [-0.2, -0.15) is 0 Å². The standard InChI is InChI=1S/C12H13NO3/c1-7-4-9(15-2)5-8-6-10(12(14)16-3)13-11(7)8/h4-6,13H,1-3H3. The van der Waals surface area contributed by atoms with Gasteiger partial charge in [0, 0.05) is 10.9 Å². The third-order valence-corrected chi connectivity index (χ3v) is 2.54. The van der Waals surface area contributed by atoms with E-state index in [4.69, 9.17) is 4.74 Å². The first-order chi connectivity index (χ1) is 7.65. The highest BCUT2D eigenvalue weighted by molar-refractivity contribution is 5.96. The van der Waals surface area contributed by atoms with Crippen molar-refractivity contribution in [2.24, 2.45) is 0 Å². The van der Waals surface area contributed by atoms with Gasteiger partial charge in [0.25, 0.3) is 0 Å². The van der Waals surface area contributed by atoms with Crippen molar-refractivity contribution in [2.75, 3.05) is 14.2 Å². The summed E-state index contributed by atoms with van der Waals surface area (Å²) >= 11 is 0. The minimum atomic E-state index is -0.366. The molecule has 0 aliphatic carbocycles. The molecule has 2 rings (SSSR count). The number of rotatable bonds is 2. The van der Waals surface area contributed by atoms with Crippen LogP contribution in [-0.4, -0.2) is 25.2 Å². The van der Waals surface area contributed by atoms with Crippen molar-refractivity contribution in [3.8, 4) is 5.75 Å².